The van der Waals surface area contributed by atoms with Crippen molar-refractivity contribution in [1.29, 1.82) is 0 Å². The lowest BCUT2D eigenvalue weighted by Crippen LogP contribution is -2.51. The van der Waals surface area contributed by atoms with Gasteiger partial charge < -0.3 is 10.1 Å². The van der Waals surface area contributed by atoms with Crippen molar-refractivity contribution < 1.29 is 32.3 Å². The van der Waals surface area contributed by atoms with Crippen LogP contribution in [0.25, 0.3) is 10.7 Å². The number of ether oxygens (including phenoxy) is 1. The van der Waals surface area contributed by atoms with Crippen LogP contribution in [0.3, 0.4) is 0 Å². The standard InChI is InChI=1S/C20H23F3N4O5S/c1-10(2)15(16(29)20(21,22)23)26-14(28)9-27-17(13-6-5-7-33-13)24-8-12(18(27)30)25-19(31)32-11(3)4/h5-8,10-11,15H,9H2,1-4H3,(H,25,31)(H,26,28). The smallest absolute Gasteiger partial charge is 0.447 e. The average molecular weight is 488 g/mol. The molecule has 1 unspecified atom stereocenters. The maximum absolute atomic E-state index is 13.0. The predicted octanol–water partition coefficient (Wildman–Crippen LogP) is 3.20. The summed E-state index contributed by atoms with van der Waals surface area (Å²) in [7, 11) is 0. The van der Waals surface area contributed by atoms with E-state index in [1.54, 1.807) is 31.4 Å². The Morgan fingerprint density at radius 2 is 1.88 bits per heavy atom. The SMILES string of the molecule is CC(C)OC(=O)Nc1cnc(-c2cccs2)n(CC(=O)NC(C(=O)C(F)(F)F)C(C)C)c1=O. The van der Waals surface area contributed by atoms with Gasteiger partial charge in [-0.15, -0.1) is 11.3 Å². The zero-order valence-corrected chi connectivity index (χ0v) is 19.0. The van der Waals surface area contributed by atoms with E-state index in [1.807, 2.05) is 0 Å². The van der Waals surface area contributed by atoms with Gasteiger partial charge in [0, 0.05) is 0 Å². The van der Waals surface area contributed by atoms with Gasteiger partial charge in [0.25, 0.3) is 11.3 Å². The number of hydrogen-bond acceptors (Lipinski definition) is 7. The molecule has 1 atom stereocenters. The first-order valence-corrected chi connectivity index (χ1v) is 10.7. The molecule has 2 rings (SSSR count). The number of nitrogens with one attached hydrogen (secondary N) is 2. The molecule has 9 nitrogen and oxygen atoms in total. The fraction of sp³-hybridized carbons (Fsp3) is 0.450. The van der Waals surface area contributed by atoms with E-state index in [1.165, 1.54) is 25.2 Å². The second kappa shape index (κ2) is 10.6. The van der Waals surface area contributed by atoms with Crippen molar-refractivity contribution in [3.05, 3.63) is 34.1 Å². The summed E-state index contributed by atoms with van der Waals surface area (Å²) in [5, 5.41) is 5.99. The second-order valence-corrected chi connectivity index (χ2v) is 8.54. The first-order valence-electron chi connectivity index (χ1n) is 9.83. The van der Waals surface area contributed by atoms with Gasteiger partial charge in [0.1, 0.15) is 12.2 Å². The highest BCUT2D eigenvalue weighted by Gasteiger charge is 2.45. The topological polar surface area (TPSA) is 119 Å². The Bertz CT molecular complexity index is 1060. The number of carbonyl (C=O) groups is 3. The number of ketones is 1. The van der Waals surface area contributed by atoms with E-state index in [4.69, 9.17) is 4.74 Å². The molecule has 180 valence electrons. The van der Waals surface area contributed by atoms with Crippen molar-refractivity contribution in [2.24, 2.45) is 5.92 Å². The van der Waals surface area contributed by atoms with Gasteiger partial charge in [0.2, 0.25) is 5.91 Å². The first-order chi connectivity index (χ1) is 15.3. The van der Waals surface area contributed by atoms with E-state index in [0.29, 0.717) is 4.88 Å². The highest BCUT2D eigenvalue weighted by molar-refractivity contribution is 7.13. The molecule has 0 radical (unpaired) electrons. The Morgan fingerprint density at radius 3 is 2.39 bits per heavy atom. The minimum absolute atomic E-state index is 0.0659. The highest BCUT2D eigenvalue weighted by atomic mass is 32.1. The normalized spacial score (nSPS) is 12.5. The maximum Gasteiger partial charge on any atom is 0.452 e. The van der Waals surface area contributed by atoms with E-state index in [-0.39, 0.29) is 11.5 Å². The lowest BCUT2D eigenvalue weighted by Gasteiger charge is -2.22. The minimum atomic E-state index is -5.14. The van der Waals surface area contributed by atoms with Crippen LogP contribution in [0.15, 0.2) is 28.5 Å². The molecule has 2 aromatic heterocycles. The fourth-order valence-electron chi connectivity index (χ4n) is 2.75. The van der Waals surface area contributed by atoms with Crippen molar-refractivity contribution in [1.82, 2.24) is 14.9 Å². The maximum atomic E-state index is 13.0. The second-order valence-electron chi connectivity index (χ2n) is 7.59. The van der Waals surface area contributed by atoms with Gasteiger partial charge >= 0.3 is 12.3 Å². The van der Waals surface area contributed by atoms with Crippen LogP contribution in [-0.4, -0.2) is 45.7 Å². The van der Waals surface area contributed by atoms with Crippen LogP contribution >= 0.6 is 11.3 Å². The lowest BCUT2D eigenvalue weighted by molar-refractivity contribution is -0.174. The van der Waals surface area contributed by atoms with Crippen LogP contribution in [0.1, 0.15) is 27.7 Å². The Hall–Kier alpha value is -3.22. The van der Waals surface area contributed by atoms with Crippen LogP contribution in [0.4, 0.5) is 23.7 Å². The van der Waals surface area contributed by atoms with Gasteiger partial charge in [-0.1, -0.05) is 19.9 Å². The number of anilines is 1. The Kier molecular flexibility index (Phi) is 8.36. The molecule has 13 heteroatoms. The zero-order chi connectivity index (χ0) is 24.9. The molecule has 0 saturated heterocycles. The summed E-state index contributed by atoms with van der Waals surface area (Å²) < 4.78 is 44.5. The van der Waals surface area contributed by atoms with Crippen molar-refractivity contribution in [2.45, 2.75) is 52.6 Å². The van der Waals surface area contributed by atoms with Crippen molar-refractivity contribution in [3.8, 4) is 10.7 Å². The number of aromatic nitrogens is 2. The summed E-state index contributed by atoms with van der Waals surface area (Å²) in [5.74, 6) is -3.89. The molecule has 2 heterocycles. The number of nitrogens with zero attached hydrogens (tertiary/aromatic N) is 2. The van der Waals surface area contributed by atoms with Gasteiger partial charge in [-0.2, -0.15) is 13.2 Å². The number of alkyl halides is 3. The number of rotatable bonds is 8. The van der Waals surface area contributed by atoms with E-state index in [0.717, 1.165) is 10.8 Å². The van der Waals surface area contributed by atoms with Crippen LogP contribution in [0.5, 0.6) is 0 Å². The molecule has 0 aliphatic heterocycles. The third kappa shape index (κ3) is 6.88. The minimum Gasteiger partial charge on any atom is -0.447 e. The van der Waals surface area contributed by atoms with Crippen molar-refractivity contribution >= 4 is 34.8 Å². The summed E-state index contributed by atoms with van der Waals surface area (Å²) >= 11 is 1.21. The molecule has 0 aromatic carbocycles. The van der Waals surface area contributed by atoms with E-state index in [9.17, 15) is 32.3 Å². The molecular weight excluding hydrogens is 465 g/mol. The zero-order valence-electron chi connectivity index (χ0n) is 18.2. The monoisotopic (exact) mass is 488 g/mol. The Balaban J connectivity index is 2.39. The molecule has 2 amide bonds. The van der Waals surface area contributed by atoms with Crippen LogP contribution in [0, 0.1) is 5.92 Å². The summed E-state index contributed by atoms with van der Waals surface area (Å²) in [6, 6.07) is 1.48. The molecule has 0 bridgehead atoms. The molecule has 2 aromatic rings. The quantitative estimate of drug-likeness (QED) is 0.589. The van der Waals surface area contributed by atoms with Crippen molar-refractivity contribution in [2.75, 3.05) is 5.32 Å². The largest absolute Gasteiger partial charge is 0.452 e. The number of thiophene rings is 1. The van der Waals surface area contributed by atoms with E-state index in [2.05, 4.69) is 15.6 Å². The van der Waals surface area contributed by atoms with Crippen LogP contribution in [-0.2, 0) is 20.9 Å². The highest BCUT2D eigenvalue weighted by Crippen LogP contribution is 2.23. The summed E-state index contributed by atoms with van der Waals surface area (Å²) in [6.45, 7) is 5.18. The number of hydrogen-bond donors (Lipinski definition) is 2. The van der Waals surface area contributed by atoms with E-state index >= 15 is 0 Å². The molecular formula is C20H23F3N4O5S. The summed E-state index contributed by atoms with van der Waals surface area (Å²) in [6.07, 6.45) is -5.42. The summed E-state index contributed by atoms with van der Waals surface area (Å²) in [5.41, 5.74) is -1.12. The molecule has 0 saturated carbocycles. The Labute approximate surface area is 191 Å². The number of amides is 2. The number of halogens is 3. The van der Waals surface area contributed by atoms with Gasteiger partial charge in [-0.05, 0) is 31.2 Å². The van der Waals surface area contributed by atoms with Gasteiger partial charge in [-0.25, -0.2) is 9.78 Å². The first kappa shape index (κ1) is 26.0. The molecule has 33 heavy (non-hydrogen) atoms. The number of Topliss-reactive ketones (excluding diaryl/α,β-unsaturated/α-hetero) is 1. The number of carbonyl (C=O) groups excluding carboxylic acids is 3. The fourth-order valence-corrected chi connectivity index (χ4v) is 3.48. The Morgan fingerprint density at radius 1 is 1.21 bits per heavy atom. The third-order valence-electron chi connectivity index (χ3n) is 4.21. The van der Waals surface area contributed by atoms with Crippen molar-refractivity contribution in [3.63, 3.8) is 0 Å². The van der Waals surface area contributed by atoms with Crippen LogP contribution in [0.2, 0.25) is 0 Å². The molecule has 0 aliphatic carbocycles. The molecule has 2 N–H and O–H groups in total. The molecule has 0 spiro atoms. The van der Waals surface area contributed by atoms with Crippen LogP contribution < -0.4 is 16.2 Å². The molecule has 0 fully saturated rings. The predicted molar refractivity (Wildman–Crippen MR) is 115 cm³/mol. The van der Waals surface area contributed by atoms with Gasteiger partial charge in [0.15, 0.2) is 5.82 Å². The van der Waals surface area contributed by atoms with Gasteiger partial charge in [0.05, 0.1) is 23.2 Å². The summed E-state index contributed by atoms with van der Waals surface area (Å²) in [4.78, 5) is 53.8. The average Bonchev–Trinajstić information content (AvgIpc) is 3.21. The van der Waals surface area contributed by atoms with Gasteiger partial charge in [-0.3, -0.25) is 24.3 Å². The molecule has 0 aliphatic rings. The third-order valence-corrected chi connectivity index (χ3v) is 5.08. The van der Waals surface area contributed by atoms with E-state index < -0.39 is 54.1 Å². The lowest BCUT2D eigenvalue weighted by atomic mass is 9.99.